The molecule has 1 aromatic heterocycles. The van der Waals surface area contributed by atoms with Crippen molar-refractivity contribution in [1.82, 2.24) is 4.57 Å². The van der Waals surface area contributed by atoms with Crippen LogP contribution >= 0.6 is 15.9 Å². The van der Waals surface area contributed by atoms with Crippen molar-refractivity contribution in [3.8, 4) is 5.75 Å². The van der Waals surface area contributed by atoms with Gasteiger partial charge in [0.15, 0.2) is 0 Å². The second-order valence-corrected chi connectivity index (χ2v) is 6.67. The first-order chi connectivity index (χ1) is 11.9. The second-order valence-electron chi connectivity index (χ2n) is 5.75. The Kier molecular flexibility index (Phi) is 4.63. The minimum atomic E-state index is -0.434. The van der Waals surface area contributed by atoms with Crippen LogP contribution in [0.1, 0.15) is 15.9 Å². The molecule has 1 N–H and O–H groups in total. The first-order valence-corrected chi connectivity index (χ1v) is 8.45. The maximum Gasteiger partial charge on any atom is 0.261 e. The van der Waals surface area contributed by atoms with E-state index < -0.39 is 5.91 Å². The van der Waals surface area contributed by atoms with E-state index in [9.17, 15) is 9.59 Å². The van der Waals surface area contributed by atoms with Gasteiger partial charge in [-0.25, -0.2) is 0 Å². The van der Waals surface area contributed by atoms with Crippen molar-refractivity contribution in [2.24, 2.45) is 7.05 Å². The lowest BCUT2D eigenvalue weighted by Crippen LogP contribution is -2.23. The average molecular weight is 401 g/mol. The molecule has 25 heavy (non-hydrogen) atoms. The van der Waals surface area contributed by atoms with Crippen LogP contribution in [0, 0.1) is 6.92 Å². The van der Waals surface area contributed by atoms with Gasteiger partial charge in [0, 0.05) is 23.4 Å². The van der Waals surface area contributed by atoms with E-state index in [1.54, 1.807) is 43.0 Å². The number of carbonyl (C=O) groups is 1. The molecular weight excluding hydrogens is 384 g/mol. The summed E-state index contributed by atoms with van der Waals surface area (Å²) in [6.45, 7) is 1.89. The van der Waals surface area contributed by atoms with Crippen LogP contribution in [0.25, 0.3) is 10.9 Å². The number of pyridine rings is 1. The molecule has 2 aromatic carbocycles. The Morgan fingerprint density at radius 3 is 2.68 bits per heavy atom. The Morgan fingerprint density at radius 1 is 1.24 bits per heavy atom. The molecule has 1 heterocycles. The molecule has 6 heteroatoms. The molecule has 0 saturated heterocycles. The third-order valence-electron chi connectivity index (χ3n) is 4.06. The Hall–Kier alpha value is -2.60. The van der Waals surface area contributed by atoms with Crippen LogP contribution in [0.2, 0.25) is 0 Å². The summed E-state index contributed by atoms with van der Waals surface area (Å²) in [4.78, 5) is 25.4. The van der Waals surface area contributed by atoms with Gasteiger partial charge in [0.25, 0.3) is 5.91 Å². The molecule has 3 rings (SSSR count). The Morgan fingerprint density at radius 2 is 2.00 bits per heavy atom. The highest BCUT2D eigenvalue weighted by Gasteiger charge is 2.17. The fourth-order valence-corrected chi connectivity index (χ4v) is 3.29. The zero-order chi connectivity index (χ0) is 18.1. The molecule has 0 spiro atoms. The molecule has 0 saturated carbocycles. The lowest BCUT2D eigenvalue weighted by atomic mass is 10.1. The monoisotopic (exact) mass is 400 g/mol. The van der Waals surface area contributed by atoms with Gasteiger partial charge in [-0.2, -0.15) is 0 Å². The lowest BCUT2D eigenvalue weighted by Gasteiger charge is -2.13. The van der Waals surface area contributed by atoms with Gasteiger partial charge in [0.1, 0.15) is 11.3 Å². The van der Waals surface area contributed by atoms with Crippen molar-refractivity contribution in [2.75, 3.05) is 12.4 Å². The Bertz CT molecular complexity index is 1040. The summed E-state index contributed by atoms with van der Waals surface area (Å²) in [5.41, 5.74) is 2.00. The highest BCUT2D eigenvalue weighted by Crippen LogP contribution is 2.24. The molecular formula is C19H17BrN2O3. The van der Waals surface area contributed by atoms with Crippen molar-refractivity contribution in [3.05, 3.63) is 68.4 Å². The lowest BCUT2D eigenvalue weighted by molar-refractivity contribution is 0.102. The predicted octanol–water partition coefficient (Wildman–Crippen LogP) is 3.87. The third-order valence-corrected chi connectivity index (χ3v) is 4.56. The van der Waals surface area contributed by atoms with E-state index in [-0.39, 0.29) is 11.0 Å². The van der Waals surface area contributed by atoms with Crippen LogP contribution in [0.5, 0.6) is 5.75 Å². The van der Waals surface area contributed by atoms with E-state index in [0.717, 1.165) is 10.0 Å². The number of amides is 1. The number of anilines is 1. The first kappa shape index (κ1) is 17.2. The van der Waals surface area contributed by atoms with Gasteiger partial charge in [-0.15, -0.1) is 0 Å². The number of nitrogens with one attached hydrogen (secondary N) is 1. The van der Waals surface area contributed by atoms with E-state index in [1.165, 1.54) is 6.20 Å². The van der Waals surface area contributed by atoms with Gasteiger partial charge < -0.3 is 14.6 Å². The number of methoxy groups -OCH3 is 1. The molecule has 0 fully saturated rings. The molecule has 0 radical (unpaired) electrons. The SMILES string of the molecule is COc1cccc2c(=O)c(C(=O)Nc3ccc(Br)cc3C)cn(C)c12. The number of aromatic nitrogens is 1. The van der Waals surface area contributed by atoms with Crippen molar-refractivity contribution < 1.29 is 9.53 Å². The summed E-state index contributed by atoms with van der Waals surface area (Å²) in [6.07, 6.45) is 1.54. The number of halogens is 1. The fraction of sp³-hybridized carbons (Fsp3) is 0.158. The van der Waals surface area contributed by atoms with E-state index >= 15 is 0 Å². The van der Waals surface area contributed by atoms with Crippen molar-refractivity contribution in [1.29, 1.82) is 0 Å². The minimum Gasteiger partial charge on any atom is -0.495 e. The molecule has 128 valence electrons. The van der Waals surface area contributed by atoms with Gasteiger partial charge in [0.2, 0.25) is 5.43 Å². The second kappa shape index (κ2) is 6.72. The third kappa shape index (κ3) is 3.17. The van der Waals surface area contributed by atoms with Crippen LogP contribution in [0.3, 0.4) is 0 Å². The van der Waals surface area contributed by atoms with E-state index in [1.807, 2.05) is 19.1 Å². The van der Waals surface area contributed by atoms with Crippen LogP contribution < -0.4 is 15.5 Å². The van der Waals surface area contributed by atoms with Crippen molar-refractivity contribution >= 4 is 38.4 Å². The summed E-state index contributed by atoms with van der Waals surface area (Å²) in [5, 5.41) is 3.26. The topological polar surface area (TPSA) is 60.3 Å². The summed E-state index contributed by atoms with van der Waals surface area (Å²) < 4.78 is 7.98. The standard InChI is InChI=1S/C19H17BrN2O3/c1-11-9-12(20)7-8-15(11)21-19(24)14-10-22(2)17-13(18(14)23)5-4-6-16(17)25-3/h4-10H,1-3H3,(H,21,24). The first-order valence-electron chi connectivity index (χ1n) is 7.66. The van der Waals surface area contributed by atoms with Gasteiger partial charge >= 0.3 is 0 Å². The number of carbonyl (C=O) groups excluding carboxylic acids is 1. The number of ether oxygens (including phenoxy) is 1. The number of para-hydroxylation sites is 1. The predicted molar refractivity (Wildman–Crippen MR) is 103 cm³/mol. The van der Waals surface area contributed by atoms with E-state index in [4.69, 9.17) is 4.74 Å². The molecule has 0 aliphatic rings. The summed E-state index contributed by atoms with van der Waals surface area (Å²) in [7, 11) is 3.34. The van der Waals surface area contributed by atoms with Crippen LogP contribution in [-0.4, -0.2) is 17.6 Å². The van der Waals surface area contributed by atoms with Gasteiger partial charge in [-0.1, -0.05) is 22.0 Å². The maximum absolute atomic E-state index is 12.8. The number of nitrogens with zero attached hydrogens (tertiary/aromatic N) is 1. The molecule has 0 bridgehead atoms. The highest BCUT2D eigenvalue weighted by atomic mass is 79.9. The number of hydrogen-bond acceptors (Lipinski definition) is 3. The van der Waals surface area contributed by atoms with E-state index in [2.05, 4.69) is 21.2 Å². The van der Waals surface area contributed by atoms with Crippen LogP contribution in [-0.2, 0) is 7.05 Å². The molecule has 0 unspecified atom stereocenters. The summed E-state index contributed by atoms with van der Waals surface area (Å²) in [6, 6.07) is 10.8. The normalized spacial score (nSPS) is 10.7. The zero-order valence-electron chi connectivity index (χ0n) is 14.1. The molecule has 0 atom stereocenters. The molecule has 0 aliphatic carbocycles. The zero-order valence-corrected chi connectivity index (χ0v) is 15.7. The number of benzene rings is 2. The maximum atomic E-state index is 12.8. The van der Waals surface area contributed by atoms with Crippen molar-refractivity contribution in [2.45, 2.75) is 6.92 Å². The number of rotatable bonds is 3. The Labute approximate surface area is 153 Å². The number of fused-ring (bicyclic) bond motifs is 1. The molecule has 1 amide bonds. The quantitative estimate of drug-likeness (QED) is 0.725. The molecule has 0 aliphatic heterocycles. The Balaban J connectivity index is 2.08. The number of hydrogen-bond donors (Lipinski definition) is 1. The smallest absolute Gasteiger partial charge is 0.261 e. The van der Waals surface area contributed by atoms with Gasteiger partial charge in [0.05, 0.1) is 18.0 Å². The molecule has 3 aromatic rings. The number of aryl methyl sites for hydroxylation is 2. The van der Waals surface area contributed by atoms with Crippen LogP contribution in [0.15, 0.2) is 51.9 Å². The average Bonchev–Trinajstić information content (AvgIpc) is 2.59. The van der Waals surface area contributed by atoms with Gasteiger partial charge in [-0.3, -0.25) is 9.59 Å². The minimum absolute atomic E-state index is 0.0885. The van der Waals surface area contributed by atoms with E-state index in [0.29, 0.717) is 22.3 Å². The summed E-state index contributed by atoms with van der Waals surface area (Å²) in [5.74, 6) is 0.156. The van der Waals surface area contributed by atoms with Crippen LogP contribution in [0.4, 0.5) is 5.69 Å². The largest absolute Gasteiger partial charge is 0.495 e. The fourth-order valence-electron chi connectivity index (χ4n) is 2.81. The summed E-state index contributed by atoms with van der Waals surface area (Å²) >= 11 is 3.39. The molecule has 5 nitrogen and oxygen atoms in total. The van der Waals surface area contributed by atoms with Gasteiger partial charge in [-0.05, 0) is 42.8 Å². The van der Waals surface area contributed by atoms with Crippen molar-refractivity contribution in [3.63, 3.8) is 0 Å². The highest BCUT2D eigenvalue weighted by molar-refractivity contribution is 9.10.